The number of carbonyl (C=O) groups excluding carboxylic acids is 1. The zero-order valence-corrected chi connectivity index (χ0v) is 18.2. The van der Waals surface area contributed by atoms with E-state index in [4.69, 9.17) is 0 Å². The van der Waals surface area contributed by atoms with Crippen LogP contribution in [0.3, 0.4) is 0 Å². The quantitative estimate of drug-likeness (QED) is 0.674. The Morgan fingerprint density at radius 2 is 2.04 bits per heavy atom. The maximum Gasteiger partial charge on any atom is 0.257 e. The molecular weight excluding hydrogens is 414 g/mol. The lowest BCUT2D eigenvalue weighted by molar-refractivity contribution is -0.113. The molecular formula is C19H21N3O3S3. The van der Waals surface area contributed by atoms with Gasteiger partial charge in [0.2, 0.25) is 10.0 Å². The van der Waals surface area contributed by atoms with Crippen LogP contribution in [0, 0.1) is 0 Å². The Kier molecular flexibility index (Phi) is 6.39. The molecule has 0 N–H and O–H groups in total. The van der Waals surface area contributed by atoms with Gasteiger partial charge in [-0.15, -0.1) is 11.3 Å². The van der Waals surface area contributed by atoms with Gasteiger partial charge in [-0.1, -0.05) is 30.8 Å². The van der Waals surface area contributed by atoms with Crippen LogP contribution < -0.4 is 4.90 Å². The molecule has 3 rings (SSSR count). The summed E-state index contributed by atoms with van der Waals surface area (Å²) in [5, 5.41) is 2.78. The molecule has 0 spiro atoms. The largest absolute Gasteiger partial charge is 0.269 e. The van der Waals surface area contributed by atoms with Crippen LogP contribution in [0.5, 0.6) is 0 Å². The lowest BCUT2D eigenvalue weighted by atomic mass is 10.3. The molecule has 28 heavy (non-hydrogen) atoms. The first-order chi connectivity index (χ1) is 13.3. The van der Waals surface area contributed by atoms with Crippen LogP contribution >= 0.6 is 23.1 Å². The molecule has 1 aliphatic rings. The summed E-state index contributed by atoms with van der Waals surface area (Å²) in [7, 11) is -0.649. The van der Waals surface area contributed by atoms with Gasteiger partial charge in [-0.05, 0) is 35.7 Å². The Bertz CT molecular complexity index is 1010. The van der Waals surface area contributed by atoms with Gasteiger partial charge in [0.25, 0.3) is 5.91 Å². The van der Waals surface area contributed by atoms with Crippen LogP contribution in [0.2, 0.25) is 0 Å². The number of thioether (sulfide) groups is 1. The Morgan fingerprint density at radius 1 is 1.25 bits per heavy atom. The second-order valence-electron chi connectivity index (χ2n) is 6.36. The number of amidine groups is 1. The average molecular weight is 436 g/mol. The Hall–Kier alpha value is -1.94. The molecule has 148 valence electrons. The molecule has 0 bridgehead atoms. The van der Waals surface area contributed by atoms with Gasteiger partial charge in [0, 0.05) is 30.3 Å². The van der Waals surface area contributed by atoms with Crippen molar-refractivity contribution >= 4 is 56.0 Å². The van der Waals surface area contributed by atoms with Crippen LogP contribution in [0.4, 0.5) is 5.69 Å². The van der Waals surface area contributed by atoms with Gasteiger partial charge in [-0.25, -0.2) is 12.7 Å². The Labute approximate surface area is 173 Å². The SMILES string of the molecule is CC1CN=C(N(C(=O)/C=C/c2cccs2)c2cccc(S(=O)(=O)N(C)C)c2)S1. The molecule has 1 atom stereocenters. The molecule has 1 aromatic carbocycles. The van der Waals surface area contributed by atoms with Crippen molar-refractivity contribution in [1.82, 2.24) is 4.31 Å². The van der Waals surface area contributed by atoms with Crippen molar-refractivity contribution in [2.75, 3.05) is 25.5 Å². The van der Waals surface area contributed by atoms with Gasteiger partial charge in [-0.2, -0.15) is 0 Å². The fourth-order valence-electron chi connectivity index (χ4n) is 2.52. The number of nitrogens with zero attached hydrogens (tertiary/aromatic N) is 3. The predicted molar refractivity (Wildman–Crippen MR) is 118 cm³/mol. The van der Waals surface area contributed by atoms with Gasteiger partial charge >= 0.3 is 0 Å². The van der Waals surface area contributed by atoms with E-state index in [-0.39, 0.29) is 16.1 Å². The minimum absolute atomic E-state index is 0.131. The van der Waals surface area contributed by atoms with E-state index in [0.717, 1.165) is 9.18 Å². The maximum atomic E-state index is 13.0. The number of hydrogen-bond acceptors (Lipinski definition) is 6. The summed E-state index contributed by atoms with van der Waals surface area (Å²) in [6.07, 6.45) is 3.25. The van der Waals surface area contributed by atoms with E-state index >= 15 is 0 Å². The fraction of sp³-hybridized carbons (Fsp3) is 0.263. The summed E-state index contributed by atoms with van der Waals surface area (Å²) in [5.74, 6) is -0.270. The fourth-order valence-corrected chi connectivity index (χ4v) is 5.04. The van der Waals surface area contributed by atoms with Crippen LogP contribution in [0.25, 0.3) is 6.08 Å². The van der Waals surface area contributed by atoms with Crippen molar-refractivity contribution in [3.8, 4) is 0 Å². The number of anilines is 1. The second-order valence-corrected chi connectivity index (χ2v) is 10.9. The highest BCUT2D eigenvalue weighted by Crippen LogP contribution is 2.29. The molecule has 2 heterocycles. The molecule has 0 saturated heterocycles. The number of sulfonamides is 1. The van der Waals surface area contributed by atoms with Gasteiger partial charge in [0.15, 0.2) is 5.17 Å². The summed E-state index contributed by atoms with van der Waals surface area (Å²) in [6, 6.07) is 10.2. The summed E-state index contributed by atoms with van der Waals surface area (Å²) in [5.41, 5.74) is 0.476. The van der Waals surface area contributed by atoms with Crippen molar-refractivity contribution in [1.29, 1.82) is 0 Å². The molecule has 0 fully saturated rings. The summed E-state index contributed by atoms with van der Waals surface area (Å²) in [6.45, 7) is 2.66. The van der Waals surface area contributed by atoms with Crippen molar-refractivity contribution in [2.24, 2.45) is 4.99 Å². The second kappa shape index (κ2) is 8.60. The average Bonchev–Trinajstić information content (AvgIpc) is 3.32. The number of rotatable bonds is 5. The van der Waals surface area contributed by atoms with Crippen LogP contribution in [-0.2, 0) is 14.8 Å². The molecule has 0 aliphatic carbocycles. The van der Waals surface area contributed by atoms with E-state index in [2.05, 4.69) is 4.99 Å². The van der Waals surface area contributed by atoms with E-state index in [1.807, 2.05) is 24.4 Å². The van der Waals surface area contributed by atoms with Crippen LogP contribution in [0.15, 0.2) is 57.7 Å². The van der Waals surface area contributed by atoms with E-state index in [9.17, 15) is 13.2 Å². The molecule has 2 aromatic rings. The van der Waals surface area contributed by atoms with Crippen LogP contribution in [0.1, 0.15) is 11.8 Å². The first kappa shape index (κ1) is 20.8. The monoisotopic (exact) mass is 435 g/mol. The lowest BCUT2D eigenvalue weighted by Crippen LogP contribution is -2.33. The standard InChI is InChI=1S/C19H21N3O3S3/c1-14-13-20-19(27-14)22(18(23)10-9-16-7-5-11-26-16)15-6-4-8-17(12-15)28(24,25)21(2)3/h4-12,14H,13H2,1-3H3/b10-9+. The van der Waals surface area contributed by atoms with Crippen molar-refractivity contribution in [3.63, 3.8) is 0 Å². The first-order valence-electron chi connectivity index (χ1n) is 8.58. The molecule has 9 heteroatoms. The molecule has 1 unspecified atom stereocenters. The minimum atomic E-state index is -3.61. The van der Waals surface area contributed by atoms with Crippen molar-refractivity contribution in [3.05, 3.63) is 52.7 Å². The predicted octanol–water partition coefficient (Wildman–Crippen LogP) is 3.54. The first-order valence-corrected chi connectivity index (χ1v) is 11.8. The smallest absolute Gasteiger partial charge is 0.257 e. The van der Waals surface area contributed by atoms with Gasteiger partial charge in [0.1, 0.15) is 0 Å². The molecule has 0 radical (unpaired) electrons. The highest BCUT2D eigenvalue weighted by molar-refractivity contribution is 8.15. The Morgan fingerprint density at radius 3 is 2.64 bits per heavy atom. The number of hydrogen-bond donors (Lipinski definition) is 0. The number of carbonyl (C=O) groups is 1. The molecule has 1 amide bonds. The number of aliphatic imine (C=N–C) groups is 1. The van der Waals surface area contributed by atoms with E-state index in [1.165, 1.54) is 60.3 Å². The molecule has 1 aromatic heterocycles. The number of amides is 1. The zero-order chi connectivity index (χ0) is 20.3. The van der Waals surface area contributed by atoms with Gasteiger partial charge in [-0.3, -0.25) is 14.7 Å². The normalized spacial score (nSPS) is 17.3. The minimum Gasteiger partial charge on any atom is -0.269 e. The summed E-state index contributed by atoms with van der Waals surface area (Å²) >= 11 is 3.04. The van der Waals surface area contributed by atoms with E-state index in [1.54, 1.807) is 18.2 Å². The summed E-state index contributed by atoms with van der Waals surface area (Å²) < 4.78 is 26.2. The third kappa shape index (κ3) is 4.54. The maximum absolute atomic E-state index is 13.0. The molecule has 0 saturated carbocycles. The van der Waals surface area contributed by atoms with Crippen molar-refractivity contribution < 1.29 is 13.2 Å². The zero-order valence-electron chi connectivity index (χ0n) is 15.8. The highest BCUT2D eigenvalue weighted by atomic mass is 32.2. The third-order valence-electron chi connectivity index (χ3n) is 3.99. The van der Waals surface area contributed by atoms with Crippen LogP contribution in [-0.4, -0.2) is 49.7 Å². The van der Waals surface area contributed by atoms with E-state index in [0.29, 0.717) is 17.4 Å². The summed E-state index contributed by atoms with van der Waals surface area (Å²) in [4.78, 5) is 20.1. The molecule has 6 nitrogen and oxygen atoms in total. The number of benzene rings is 1. The highest BCUT2D eigenvalue weighted by Gasteiger charge is 2.27. The van der Waals surface area contributed by atoms with E-state index < -0.39 is 10.0 Å². The third-order valence-corrected chi connectivity index (χ3v) is 7.71. The van der Waals surface area contributed by atoms with Gasteiger partial charge < -0.3 is 0 Å². The van der Waals surface area contributed by atoms with Gasteiger partial charge in [0.05, 0.1) is 17.1 Å². The Balaban J connectivity index is 1.99. The molecule has 1 aliphatic heterocycles. The number of thiophene rings is 1. The van der Waals surface area contributed by atoms with Crippen molar-refractivity contribution in [2.45, 2.75) is 17.1 Å². The lowest BCUT2D eigenvalue weighted by Gasteiger charge is -2.22. The topological polar surface area (TPSA) is 70.0 Å².